The Labute approximate surface area is 160 Å². The summed E-state index contributed by atoms with van der Waals surface area (Å²) in [5, 5.41) is 12.1. The molecule has 3 rings (SSSR count). The molecule has 0 unspecified atom stereocenters. The van der Waals surface area contributed by atoms with Gasteiger partial charge in [-0.15, -0.1) is 10.2 Å². The van der Waals surface area contributed by atoms with Crippen LogP contribution >= 0.6 is 11.3 Å². The standard InChI is InChI=1S/C19H20N4O3S/c1-4-26-18(25)15-11(2)16(20-12(15)3)17(24)21-19-23-22-14(27-19)10-13-8-6-5-7-9-13/h5-9,20H,4,10H2,1-3H3,(H,21,23,24). The third-order valence-electron chi connectivity index (χ3n) is 4.03. The normalized spacial score (nSPS) is 10.6. The Bertz CT molecular complexity index is 963. The summed E-state index contributed by atoms with van der Waals surface area (Å²) in [6, 6.07) is 9.93. The molecule has 0 saturated heterocycles. The fourth-order valence-electron chi connectivity index (χ4n) is 2.79. The van der Waals surface area contributed by atoms with Gasteiger partial charge in [-0.3, -0.25) is 10.1 Å². The summed E-state index contributed by atoms with van der Waals surface area (Å²) in [7, 11) is 0. The lowest BCUT2D eigenvalue weighted by Gasteiger charge is -2.03. The Morgan fingerprint density at radius 3 is 2.63 bits per heavy atom. The van der Waals surface area contributed by atoms with E-state index in [0.717, 1.165) is 10.6 Å². The number of aromatic nitrogens is 3. The van der Waals surface area contributed by atoms with Crippen molar-refractivity contribution in [2.75, 3.05) is 11.9 Å². The second-order valence-corrected chi connectivity index (χ2v) is 7.02. The van der Waals surface area contributed by atoms with Crippen molar-refractivity contribution in [3.63, 3.8) is 0 Å². The van der Waals surface area contributed by atoms with E-state index < -0.39 is 5.97 Å². The molecule has 8 heteroatoms. The summed E-state index contributed by atoms with van der Waals surface area (Å²) in [5.74, 6) is -0.808. The van der Waals surface area contributed by atoms with Crippen molar-refractivity contribution < 1.29 is 14.3 Å². The van der Waals surface area contributed by atoms with E-state index in [-0.39, 0.29) is 12.5 Å². The van der Waals surface area contributed by atoms with E-state index in [4.69, 9.17) is 4.74 Å². The number of ether oxygens (including phenoxy) is 1. The molecule has 0 saturated carbocycles. The molecular formula is C19H20N4O3S. The summed E-state index contributed by atoms with van der Waals surface area (Å²) in [4.78, 5) is 27.6. The highest BCUT2D eigenvalue weighted by molar-refractivity contribution is 7.15. The fraction of sp³-hybridized carbons (Fsp3) is 0.263. The number of hydrogen-bond acceptors (Lipinski definition) is 6. The van der Waals surface area contributed by atoms with Gasteiger partial charge < -0.3 is 9.72 Å². The molecule has 0 aliphatic rings. The Morgan fingerprint density at radius 2 is 1.93 bits per heavy atom. The first-order valence-electron chi connectivity index (χ1n) is 8.53. The summed E-state index contributed by atoms with van der Waals surface area (Å²) in [5.41, 5.74) is 2.98. The molecule has 0 aliphatic carbocycles. The number of aryl methyl sites for hydroxylation is 1. The SMILES string of the molecule is CCOC(=O)c1c(C)[nH]c(C(=O)Nc2nnc(Cc3ccccc3)s2)c1C. The Balaban J connectivity index is 1.73. The van der Waals surface area contributed by atoms with E-state index in [2.05, 4.69) is 20.5 Å². The van der Waals surface area contributed by atoms with Crippen LogP contribution in [0.25, 0.3) is 0 Å². The van der Waals surface area contributed by atoms with E-state index in [1.807, 2.05) is 30.3 Å². The lowest BCUT2D eigenvalue weighted by atomic mass is 10.1. The van der Waals surface area contributed by atoms with Gasteiger partial charge in [-0.2, -0.15) is 0 Å². The van der Waals surface area contributed by atoms with Gasteiger partial charge in [-0.05, 0) is 31.9 Å². The van der Waals surface area contributed by atoms with Crippen LogP contribution in [0.3, 0.4) is 0 Å². The van der Waals surface area contributed by atoms with Gasteiger partial charge in [0, 0.05) is 12.1 Å². The van der Waals surface area contributed by atoms with Crippen LogP contribution in [0.5, 0.6) is 0 Å². The zero-order chi connectivity index (χ0) is 19.4. The quantitative estimate of drug-likeness (QED) is 0.634. The fourth-order valence-corrected chi connectivity index (χ4v) is 3.56. The number of carbonyl (C=O) groups excluding carboxylic acids is 2. The van der Waals surface area contributed by atoms with E-state index in [1.165, 1.54) is 11.3 Å². The minimum absolute atomic E-state index is 0.277. The van der Waals surface area contributed by atoms with E-state index in [1.54, 1.807) is 20.8 Å². The number of rotatable bonds is 6. The van der Waals surface area contributed by atoms with Gasteiger partial charge in [0.15, 0.2) is 0 Å². The lowest BCUT2D eigenvalue weighted by molar-refractivity contribution is 0.0525. The molecule has 140 valence electrons. The van der Waals surface area contributed by atoms with Gasteiger partial charge in [0.25, 0.3) is 5.91 Å². The number of benzene rings is 1. The van der Waals surface area contributed by atoms with Crippen LogP contribution in [0.15, 0.2) is 30.3 Å². The van der Waals surface area contributed by atoms with Crippen molar-refractivity contribution in [2.45, 2.75) is 27.2 Å². The van der Waals surface area contributed by atoms with E-state index in [9.17, 15) is 9.59 Å². The number of anilines is 1. The minimum atomic E-state index is -0.441. The molecule has 0 spiro atoms. The van der Waals surface area contributed by atoms with Crippen molar-refractivity contribution in [2.24, 2.45) is 0 Å². The predicted octanol–water partition coefficient (Wildman–Crippen LogP) is 3.50. The first-order chi connectivity index (χ1) is 13.0. The Hall–Kier alpha value is -3.00. The van der Waals surface area contributed by atoms with Crippen LogP contribution in [-0.4, -0.2) is 33.7 Å². The zero-order valence-corrected chi connectivity index (χ0v) is 16.1. The lowest BCUT2D eigenvalue weighted by Crippen LogP contribution is -2.14. The highest BCUT2D eigenvalue weighted by Gasteiger charge is 2.23. The smallest absolute Gasteiger partial charge is 0.340 e. The molecule has 7 nitrogen and oxygen atoms in total. The van der Waals surface area contributed by atoms with Crippen LogP contribution in [0.4, 0.5) is 5.13 Å². The van der Waals surface area contributed by atoms with Crippen LogP contribution in [-0.2, 0) is 11.2 Å². The highest BCUT2D eigenvalue weighted by Crippen LogP contribution is 2.22. The van der Waals surface area contributed by atoms with Crippen molar-refractivity contribution in [1.82, 2.24) is 15.2 Å². The molecule has 0 aliphatic heterocycles. The first-order valence-corrected chi connectivity index (χ1v) is 9.35. The summed E-state index contributed by atoms with van der Waals surface area (Å²) < 4.78 is 5.05. The first kappa shape index (κ1) is 18.8. The van der Waals surface area contributed by atoms with Crippen LogP contribution in [0, 0.1) is 13.8 Å². The van der Waals surface area contributed by atoms with Crippen molar-refractivity contribution >= 4 is 28.3 Å². The summed E-state index contributed by atoms with van der Waals surface area (Å²) >= 11 is 1.32. The van der Waals surface area contributed by atoms with Gasteiger partial charge in [0.1, 0.15) is 10.7 Å². The van der Waals surface area contributed by atoms with Crippen molar-refractivity contribution in [3.05, 3.63) is 63.4 Å². The molecule has 2 aromatic heterocycles. The number of nitrogens with one attached hydrogen (secondary N) is 2. The maximum atomic E-state index is 12.6. The zero-order valence-electron chi connectivity index (χ0n) is 15.3. The Kier molecular flexibility index (Phi) is 5.66. The molecule has 0 atom stereocenters. The molecule has 0 radical (unpaired) electrons. The monoisotopic (exact) mass is 384 g/mol. The minimum Gasteiger partial charge on any atom is -0.462 e. The van der Waals surface area contributed by atoms with Gasteiger partial charge in [0.2, 0.25) is 5.13 Å². The molecule has 3 aromatic rings. The van der Waals surface area contributed by atoms with Crippen LogP contribution in [0.1, 0.15) is 49.6 Å². The van der Waals surface area contributed by atoms with Gasteiger partial charge in [0.05, 0.1) is 12.2 Å². The maximum Gasteiger partial charge on any atom is 0.340 e. The number of nitrogens with zero attached hydrogens (tertiary/aromatic N) is 2. The average molecular weight is 384 g/mol. The number of H-pyrrole nitrogens is 1. The maximum absolute atomic E-state index is 12.6. The van der Waals surface area contributed by atoms with E-state index in [0.29, 0.717) is 34.1 Å². The number of amides is 1. The van der Waals surface area contributed by atoms with Crippen LogP contribution < -0.4 is 5.32 Å². The number of carbonyl (C=O) groups is 2. The summed E-state index contributed by atoms with van der Waals surface area (Å²) in [6.07, 6.45) is 0.655. The second-order valence-electron chi connectivity index (χ2n) is 5.96. The molecule has 2 heterocycles. The molecule has 2 N–H and O–H groups in total. The van der Waals surface area contributed by atoms with Gasteiger partial charge in [-0.25, -0.2) is 4.79 Å². The molecule has 1 aromatic carbocycles. The molecule has 1 amide bonds. The summed E-state index contributed by atoms with van der Waals surface area (Å²) in [6.45, 7) is 5.47. The number of esters is 1. The van der Waals surface area contributed by atoms with E-state index >= 15 is 0 Å². The second kappa shape index (κ2) is 8.13. The third-order valence-corrected chi connectivity index (χ3v) is 4.87. The highest BCUT2D eigenvalue weighted by atomic mass is 32.1. The van der Waals surface area contributed by atoms with Gasteiger partial charge >= 0.3 is 5.97 Å². The topological polar surface area (TPSA) is 97.0 Å². The van der Waals surface area contributed by atoms with Crippen molar-refractivity contribution in [3.8, 4) is 0 Å². The van der Waals surface area contributed by atoms with Crippen LogP contribution in [0.2, 0.25) is 0 Å². The molecule has 0 fully saturated rings. The molecule has 0 bridgehead atoms. The molecular weight excluding hydrogens is 364 g/mol. The van der Waals surface area contributed by atoms with Gasteiger partial charge in [-0.1, -0.05) is 41.7 Å². The number of hydrogen-bond donors (Lipinski definition) is 2. The Morgan fingerprint density at radius 1 is 1.19 bits per heavy atom. The molecule has 27 heavy (non-hydrogen) atoms. The predicted molar refractivity (Wildman–Crippen MR) is 103 cm³/mol. The largest absolute Gasteiger partial charge is 0.462 e. The average Bonchev–Trinajstić information content (AvgIpc) is 3.19. The number of aromatic amines is 1. The third kappa shape index (κ3) is 4.22. The van der Waals surface area contributed by atoms with Crippen molar-refractivity contribution in [1.29, 1.82) is 0 Å².